The Morgan fingerprint density at radius 1 is 1.22 bits per heavy atom. The molecule has 2 aromatic carbocycles. The number of halogens is 1. The van der Waals surface area contributed by atoms with Crippen molar-refractivity contribution >= 4 is 23.5 Å². The van der Waals surface area contributed by atoms with E-state index in [9.17, 15) is 14.7 Å². The van der Waals surface area contributed by atoms with Crippen LogP contribution >= 0.6 is 11.6 Å². The van der Waals surface area contributed by atoms with Crippen LogP contribution < -0.4 is 14.8 Å². The van der Waals surface area contributed by atoms with Crippen molar-refractivity contribution in [2.75, 3.05) is 20.3 Å². The second-order valence-electron chi connectivity index (χ2n) is 5.86. The maximum atomic E-state index is 12.5. The van der Waals surface area contributed by atoms with E-state index < -0.39 is 17.8 Å². The smallest absolute Gasteiger partial charge is 0.308 e. The summed E-state index contributed by atoms with van der Waals surface area (Å²) in [5.74, 6) is -1.44. The van der Waals surface area contributed by atoms with E-state index >= 15 is 0 Å². The Bertz CT molecular complexity index is 794. The number of amides is 1. The van der Waals surface area contributed by atoms with Crippen LogP contribution in [-0.2, 0) is 11.2 Å². The lowest BCUT2D eigenvalue weighted by atomic mass is 9.99. The van der Waals surface area contributed by atoms with Crippen molar-refractivity contribution in [3.63, 3.8) is 0 Å². The lowest BCUT2D eigenvalue weighted by Gasteiger charge is -2.15. The van der Waals surface area contributed by atoms with Crippen molar-refractivity contribution in [1.29, 1.82) is 0 Å². The van der Waals surface area contributed by atoms with Crippen LogP contribution in [0.15, 0.2) is 42.5 Å². The summed E-state index contributed by atoms with van der Waals surface area (Å²) in [4.78, 5) is 24.0. The lowest BCUT2D eigenvalue weighted by Crippen LogP contribution is -2.34. The molecule has 0 aliphatic carbocycles. The second kappa shape index (κ2) is 9.83. The topological polar surface area (TPSA) is 84.9 Å². The zero-order valence-corrected chi connectivity index (χ0v) is 16.0. The molecule has 2 aromatic rings. The highest BCUT2D eigenvalue weighted by Crippen LogP contribution is 2.36. The number of carboxylic acid groups (broad SMARTS) is 1. The van der Waals surface area contributed by atoms with Crippen LogP contribution in [0.25, 0.3) is 0 Å². The first-order valence-corrected chi connectivity index (χ1v) is 8.89. The Morgan fingerprint density at radius 3 is 2.52 bits per heavy atom. The van der Waals surface area contributed by atoms with Gasteiger partial charge in [0, 0.05) is 12.1 Å². The van der Waals surface area contributed by atoms with E-state index in [2.05, 4.69) is 5.32 Å². The summed E-state index contributed by atoms with van der Waals surface area (Å²) < 4.78 is 10.7. The van der Waals surface area contributed by atoms with Crippen LogP contribution in [0, 0.1) is 5.92 Å². The minimum atomic E-state index is -0.971. The zero-order valence-electron chi connectivity index (χ0n) is 15.2. The fourth-order valence-corrected chi connectivity index (χ4v) is 2.86. The van der Waals surface area contributed by atoms with Crippen LogP contribution in [0.2, 0.25) is 5.02 Å². The molecule has 0 aliphatic rings. The summed E-state index contributed by atoms with van der Waals surface area (Å²) in [6, 6.07) is 12.3. The van der Waals surface area contributed by atoms with E-state index in [1.54, 1.807) is 0 Å². The van der Waals surface area contributed by atoms with E-state index in [0.29, 0.717) is 24.5 Å². The fraction of sp³-hybridized carbons (Fsp3) is 0.300. The van der Waals surface area contributed by atoms with Gasteiger partial charge in [-0.05, 0) is 31.0 Å². The molecule has 2 rings (SSSR count). The number of carbonyl (C=O) groups is 2. The third kappa shape index (κ3) is 5.62. The van der Waals surface area contributed by atoms with Gasteiger partial charge in [-0.3, -0.25) is 9.59 Å². The van der Waals surface area contributed by atoms with E-state index in [-0.39, 0.29) is 17.1 Å². The maximum Gasteiger partial charge on any atom is 0.308 e. The van der Waals surface area contributed by atoms with Gasteiger partial charge < -0.3 is 19.9 Å². The Morgan fingerprint density at radius 2 is 1.93 bits per heavy atom. The largest absolute Gasteiger partial charge is 0.493 e. The van der Waals surface area contributed by atoms with Gasteiger partial charge in [0.1, 0.15) is 0 Å². The molecule has 0 bridgehead atoms. The molecule has 144 valence electrons. The maximum absolute atomic E-state index is 12.5. The minimum Gasteiger partial charge on any atom is -0.493 e. The van der Waals surface area contributed by atoms with E-state index in [0.717, 1.165) is 5.56 Å². The molecule has 0 spiro atoms. The predicted octanol–water partition coefficient (Wildman–Crippen LogP) is 3.42. The second-order valence-corrected chi connectivity index (χ2v) is 6.26. The number of benzene rings is 2. The molecule has 0 aromatic heterocycles. The Hall–Kier alpha value is -2.73. The van der Waals surface area contributed by atoms with Gasteiger partial charge in [-0.25, -0.2) is 0 Å². The SMILES string of the molecule is CCOc1c(Cl)cc(C(=O)NCC(Cc2ccccc2)C(=O)O)cc1OC. The highest BCUT2D eigenvalue weighted by Gasteiger charge is 2.21. The number of rotatable bonds is 9. The van der Waals surface area contributed by atoms with Crippen molar-refractivity contribution in [3.05, 3.63) is 58.6 Å². The third-order valence-electron chi connectivity index (χ3n) is 3.96. The molecule has 0 saturated carbocycles. The molecule has 2 N–H and O–H groups in total. The summed E-state index contributed by atoms with van der Waals surface area (Å²) in [5, 5.41) is 12.3. The van der Waals surface area contributed by atoms with Crippen molar-refractivity contribution < 1.29 is 24.2 Å². The summed E-state index contributed by atoms with van der Waals surface area (Å²) in [6.07, 6.45) is 0.323. The minimum absolute atomic E-state index is 0.00376. The first-order valence-electron chi connectivity index (χ1n) is 8.51. The quantitative estimate of drug-likeness (QED) is 0.684. The van der Waals surface area contributed by atoms with Gasteiger partial charge in [-0.15, -0.1) is 0 Å². The monoisotopic (exact) mass is 391 g/mol. The van der Waals surface area contributed by atoms with E-state index in [4.69, 9.17) is 21.1 Å². The summed E-state index contributed by atoms with van der Waals surface area (Å²) in [5.41, 5.74) is 1.16. The van der Waals surface area contributed by atoms with Crippen molar-refractivity contribution in [2.45, 2.75) is 13.3 Å². The molecule has 0 aliphatic heterocycles. The molecule has 0 radical (unpaired) electrons. The van der Waals surface area contributed by atoms with Gasteiger partial charge in [0.2, 0.25) is 0 Å². The van der Waals surface area contributed by atoms with Gasteiger partial charge >= 0.3 is 5.97 Å². The van der Waals surface area contributed by atoms with Gasteiger partial charge in [0.15, 0.2) is 11.5 Å². The number of hydrogen-bond donors (Lipinski definition) is 2. The molecule has 0 saturated heterocycles. The highest BCUT2D eigenvalue weighted by molar-refractivity contribution is 6.32. The van der Waals surface area contributed by atoms with E-state index in [1.165, 1.54) is 19.2 Å². The molecule has 6 nitrogen and oxygen atoms in total. The van der Waals surface area contributed by atoms with Gasteiger partial charge in [0.05, 0.1) is 24.7 Å². The molecular weight excluding hydrogens is 370 g/mol. The standard InChI is InChI=1S/C20H22ClNO5/c1-3-27-18-16(21)10-14(11-17(18)26-2)19(23)22-12-15(20(24)25)9-13-7-5-4-6-8-13/h4-8,10-11,15H,3,9,12H2,1-2H3,(H,22,23)(H,24,25). The normalized spacial score (nSPS) is 11.5. The number of aliphatic carboxylic acids is 1. The van der Waals surface area contributed by atoms with Gasteiger partial charge in [-0.1, -0.05) is 41.9 Å². The van der Waals surface area contributed by atoms with Gasteiger partial charge in [0.25, 0.3) is 5.91 Å². The first-order chi connectivity index (χ1) is 13.0. The van der Waals surface area contributed by atoms with E-state index in [1.807, 2.05) is 37.3 Å². The van der Waals surface area contributed by atoms with Crippen molar-refractivity contribution in [2.24, 2.45) is 5.92 Å². The molecule has 1 unspecified atom stereocenters. The van der Waals surface area contributed by atoms with Crippen LogP contribution in [0.4, 0.5) is 0 Å². The molecule has 7 heteroatoms. The Labute approximate surface area is 163 Å². The highest BCUT2D eigenvalue weighted by atomic mass is 35.5. The number of nitrogens with one attached hydrogen (secondary N) is 1. The molecule has 0 heterocycles. The number of methoxy groups -OCH3 is 1. The number of carbonyl (C=O) groups excluding carboxylic acids is 1. The van der Waals surface area contributed by atoms with Gasteiger partial charge in [-0.2, -0.15) is 0 Å². The molecule has 1 amide bonds. The molecule has 1 atom stereocenters. The molecule has 0 fully saturated rings. The van der Waals surface area contributed by atoms with Crippen LogP contribution in [0.5, 0.6) is 11.5 Å². The fourth-order valence-electron chi connectivity index (χ4n) is 2.60. The lowest BCUT2D eigenvalue weighted by molar-refractivity contribution is -0.141. The zero-order chi connectivity index (χ0) is 19.8. The summed E-state index contributed by atoms with van der Waals surface area (Å²) in [6.45, 7) is 2.22. The van der Waals surface area contributed by atoms with Crippen LogP contribution in [0.3, 0.4) is 0 Å². The molecular formula is C20H22ClNO5. The number of ether oxygens (including phenoxy) is 2. The summed E-state index contributed by atoms with van der Waals surface area (Å²) >= 11 is 6.18. The van der Waals surface area contributed by atoms with Crippen molar-refractivity contribution in [3.8, 4) is 11.5 Å². The number of hydrogen-bond acceptors (Lipinski definition) is 4. The van der Waals surface area contributed by atoms with Crippen LogP contribution in [0.1, 0.15) is 22.8 Å². The first kappa shape index (κ1) is 20.6. The Balaban J connectivity index is 2.09. The predicted molar refractivity (Wildman–Crippen MR) is 103 cm³/mol. The average molecular weight is 392 g/mol. The number of carboxylic acids is 1. The Kier molecular flexibility index (Phi) is 7.49. The van der Waals surface area contributed by atoms with Crippen molar-refractivity contribution in [1.82, 2.24) is 5.32 Å². The third-order valence-corrected chi connectivity index (χ3v) is 4.24. The van der Waals surface area contributed by atoms with Crippen LogP contribution in [-0.4, -0.2) is 37.2 Å². The summed E-state index contributed by atoms with van der Waals surface area (Å²) in [7, 11) is 1.45. The molecule has 27 heavy (non-hydrogen) atoms. The average Bonchev–Trinajstić information content (AvgIpc) is 2.66.